The quantitative estimate of drug-likeness (QED) is 0.825. The normalized spacial score (nSPS) is 11.2. The lowest BCUT2D eigenvalue weighted by molar-refractivity contribution is -0.121. The van der Waals surface area contributed by atoms with Crippen LogP contribution in [0.3, 0.4) is 0 Å². The highest BCUT2D eigenvalue weighted by Crippen LogP contribution is 2.31. The third-order valence-corrected chi connectivity index (χ3v) is 2.96. The van der Waals surface area contributed by atoms with Gasteiger partial charge < -0.3 is 15.2 Å². The number of amides is 1. The number of rotatable bonds is 6. The first-order chi connectivity index (χ1) is 8.90. The Morgan fingerprint density at radius 3 is 2.74 bits per heavy atom. The van der Waals surface area contributed by atoms with Gasteiger partial charge in [-0.1, -0.05) is 13.8 Å². The molecule has 19 heavy (non-hydrogen) atoms. The van der Waals surface area contributed by atoms with Crippen LogP contribution in [0.2, 0.25) is 0 Å². The molecule has 0 radical (unpaired) electrons. The summed E-state index contributed by atoms with van der Waals surface area (Å²) in [7, 11) is 1.52. The molecule has 0 bridgehead atoms. The number of carbonyl (C=O) groups is 1. The van der Waals surface area contributed by atoms with Crippen LogP contribution < -0.4 is 10.1 Å². The fourth-order valence-electron chi connectivity index (χ4n) is 1.81. The fourth-order valence-corrected chi connectivity index (χ4v) is 1.81. The van der Waals surface area contributed by atoms with Crippen LogP contribution in [0.25, 0.3) is 0 Å². The van der Waals surface area contributed by atoms with Crippen LogP contribution in [-0.2, 0) is 10.2 Å². The maximum atomic E-state index is 13.4. The number of carbonyl (C=O) groups excluding carboxylic acids is 1. The second-order valence-corrected chi connectivity index (χ2v) is 4.98. The molecule has 0 unspecified atom stereocenters. The molecule has 0 fully saturated rings. The molecule has 0 saturated carbocycles. The standard InChI is InChI=1S/C14H20FNO3/c1-14(2,9-16-13(18)6-7-17)11-8-10(15)4-5-12(11)19-3/h4-5,8,17H,6-7,9H2,1-3H3,(H,16,18). The van der Waals surface area contributed by atoms with E-state index < -0.39 is 5.41 Å². The summed E-state index contributed by atoms with van der Waals surface area (Å²) in [4.78, 5) is 11.4. The largest absolute Gasteiger partial charge is 0.496 e. The Bertz CT molecular complexity index is 446. The first kappa shape index (κ1) is 15.4. The lowest BCUT2D eigenvalue weighted by Gasteiger charge is -2.27. The molecule has 2 N–H and O–H groups in total. The van der Waals surface area contributed by atoms with E-state index in [2.05, 4.69) is 5.32 Å². The fraction of sp³-hybridized carbons (Fsp3) is 0.500. The molecule has 0 aliphatic rings. The predicted molar refractivity (Wildman–Crippen MR) is 70.7 cm³/mol. The van der Waals surface area contributed by atoms with Gasteiger partial charge in [0.05, 0.1) is 13.7 Å². The smallest absolute Gasteiger partial charge is 0.222 e. The van der Waals surface area contributed by atoms with Crippen molar-refractivity contribution in [1.29, 1.82) is 0 Å². The van der Waals surface area contributed by atoms with Crippen molar-refractivity contribution in [2.45, 2.75) is 25.7 Å². The number of benzene rings is 1. The maximum Gasteiger partial charge on any atom is 0.222 e. The molecule has 0 atom stereocenters. The van der Waals surface area contributed by atoms with E-state index in [1.54, 1.807) is 6.07 Å². The minimum Gasteiger partial charge on any atom is -0.496 e. The van der Waals surface area contributed by atoms with Gasteiger partial charge in [-0.25, -0.2) is 4.39 Å². The number of hydrogen-bond donors (Lipinski definition) is 2. The van der Waals surface area contributed by atoms with Gasteiger partial charge in [-0.15, -0.1) is 0 Å². The summed E-state index contributed by atoms with van der Waals surface area (Å²) in [5.74, 6) is 0.0133. The summed E-state index contributed by atoms with van der Waals surface area (Å²) in [5, 5.41) is 11.4. The van der Waals surface area contributed by atoms with Crippen molar-refractivity contribution in [2.24, 2.45) is 0 Å². The number of aliphatic hydroxyl groups excluding tert-OH is 1. The molecule has 0 spiro atoms. The molecular weight excluding hydrogens is 249 g/mol. The zero-order valence-corrected chi connectivity index (χ0v) is 11.5. The van der Waals surface area contributed by atoms with E-state index in [0.29, 0.717) is 17.9 Å². The summed E-state index contributed by atoms with van der Waals surface area (Å²) in [5.41, 5.74) is 0.220. The van der Waals surface area contributed by atoms with Gasteiger partial charge in [-0.3, -0.25) is 4.79 Å². The summed E-state index contributed by atoms with van der Waals surface area (Å²) in [6.07, 6.45) is 0.0658. The highest BCUT2D eigenvalue weighted by Gasteiger charge is 2.25. The van der Waals surface area contributed by atoms with Crippen molar-refractivity contribution in [2.75, 3.05) is 20.3 Å². The summed E-state index contributed by atoms with van der Waals surface area (Å²) < 4.78 is 18.6. The summed E-state index contributed by atoms with van der Waals surface area (Å²) >= 11 is 0. The zero-order chi connectivity index (χ0) is 14.5. The number of hydrogen-bond acceptors (Lipinski definition) is 3. The van der Waals surface area contributed by atoms with Gasteiger partial charge in [-0.05, 0) is 18.2 Å². The van der Waals surface area contributed by atoms with Gasteiger partial charge in [0.15, 0.2) is 0 Å². The Morgan fingerprint density at radius 2 is 2.16 bits per heavy atom. The average Bonchev–Trinajstić information content (AvgIpc) is 2.37. The Kier molecular flexibility index (Phi) is 5.30. The molecule has 0 aliphatic heterocycles. The Hall–Kier alpha value is -1.62. The second-order valence-electron chi connectivity index (χ2n) is 4.98. The third kappa shape index (κ3) is 4.21. The van der Waals surface area contributed by atoms with Crippen LogP contribution in [0.4, 0.5) is 4.39 Å². The lowest BCUT2D eigenvalue weighted by Crippen LogP contribution is -2.37. The van der Waals surface area contributed by atoms with E-state index in [1.807, 2.05) is 13.8 Å². The highest BCUT2D eigenvalue weighted by atomic mass is 19.1. The Morgan fingerprint density at radius 1 is 1.47 bits per heavy atom. The number of halogens is 1. The third-order valence-electron chi connectivity index (χ3n) is 2.96. The van der Waals surface area contributed by atoms with Crippen LogP contribution in [0, 0.1) is 5.82 Å². The molecule has 1 aromatic carbocycles. The van der Waals surface area contributed by atoms with Crippen LogP contribution >= 0.6 is 0 Å². The monoisotopic (exact) mass is 269 g/mol. The minimum absolute atomic E-state index is 0.0658. The van der Waals surface area contributed by atoms with E-state index in [0.717, 1.165) is 0 Å². The summed E-state index contributed by atoms with van der Waals surface area (Å²) in [6.45, 7) is 3.94. The molecule has 0 heterocycles. The molecule has 1 aromatic rings. The Balaban J connectivity index is 2.86. The van der Waals surface area contributed by atoms with Crippen LogP contribution in [0.15, 0.2) is 18.2 Å². The first-order valence-electron chi connectivity index (χ1n) is 6.12. The lowest BCUT2D eigenvalue weighted by atomic mass is 9.83. The number of aliphatic hydroxyl groups is 1. The van der Waals surface area contributed by atoms with Gasteiger partial charge in [0.1, 0.15) is 11.6 Å². The topological polar surface area (TPSA) is 58.6 Å². The van der Waals surface area contributed by atoms with Crippen LogP contribution in [0.5, 0.6) is 5.75 Å². The SMILES string of the molecule is COc1ccc(F)cc1C(C)(C)CNC(=O)CCO. The first-order valence-corrected chi connectivity index (χ1v) is 6.12. The minimum atomic E-state index is -0.474. The van der Waals surface area contributed by atoms with E-state index in [4.69, 9.17) is 9.84 Å². The molecule has 106 valence electrons. The van der Waals surface area contributed by atoms with Crippen molar-refractivity contribution >= 4 is 5.91 Å². The highest BCUT2D eigenvalue weighted by molar-refractivity contribution is 5.76. The van der Waals surface area contributed by atoms with E-state index in [9.17, 15) is 9.18 Å². The van der Waals surface area contributed by atoms with Gasteiger partial charge in [-0.2, -0.15) is 0 Å². The molecule has 1 amide bonds. The van der Waals surface area contributed by atoms with Crippen molar-refractivity contribution in [3.8, 4) is 5.75 Å². The number of nitrogens with one attached hydrogen (secondary N) is 1. The van der Waals surface area contributed by atoms with Crippen molar-refractivity contribution in [3.63, 3.8) is 0 Å². The van der Waals surface area contributed by atoms with E-state index in [-0.39, 0.29) is 24.8 Å². The van der Waals surface area contributed by atoms with Gasteiger partial charge >= 0.3 is 0 Å². The second kappa shape index (κ2) is 6.52. The maximum absolute atomic E-state index is 13.4. The van der Waals surface area contributed by atoms with Gasteiger partial charge in [0.2, 0.25) is 5.91 Å². The van der Waals surface area contributed by atoms with E-state index in [1.165, 1.54) is 19.2 Å². The summed E-state index contributed by atoms with van der Waals surface area (Å²) in [6, 6.07) is 4.32. The predicted octanol–water partition coefficient (Wildman–Crippen LogP) is 1.61. The number of ether oxygens (including phenoxy) is 1. The van der Waals surface area contributed by atoms with Crippen molar-refractivity contribution in [3.05, 3.63) is 29.6 Å². The number of methoxy groups -OCH3 is 1. The zero-order valence-electron chi connectivity index (χ0n) is 11.5. The molecule has 4 nitrogen and oxygen atoms in total. The molecule has 0 aromatic heterocycles. The molecule has 0 aliphatic carbocycles. The average molecular weight is 269 g/mol. The molecule has 5 heteroatoms. The van der Waals surface area contributed by atoms with Gasteiger partial charge in [0, 0.05) is 23.9 Å². The Labute approximate surface area is 112 Å². The molecule has 1 rings (SSSR count). The van der Waals surface area contributed by atoms with Crippen LogP contribution in [0.1, 0.15) is 25.8 Å². The molecular formula is C14H20FNO3. The van der Waals surface area contributed by atoms with Crippen molar-refractivity contribution in [1.82, 2.24) is 5.32 Å². The van der Waals surface area contributed by atoms with Crippen LogP contribution in [-0.4, -0.2) is 31.3 Å². The van der Waals surface area contributed by atoms with Crippen molar-refractivity contribution < 1.29 is 19.0 Å². The van der Waals surface area contributed by atoms with E-state index >= 15 is 0 Å². The molecule has 0 saturated heterocycles. The van der Waals surface area contributed by atoms with Gasteiger partial charge in [0.25, 0.3) is 0 Å².